The summed E-state index contributed by atoms with van der Waals surface area (Å²) in [4.78, 5) is 14.9. The van der Waals surface area contributed by atoms with Crippen LogP contribution in [0.5, 0.6) is 0 Å². The summed E-state index contributed by atoms with van der Waals surface area (Å²) in [5.41, 5.74) is 1.01. The van der Waals surface area contributed by atoms with Gasteiger partial charge in [-0.05, 0) is 65.3 Å². The lowest BCUT2D eigenvalue weighted by Crippen LogP contribution is -2.52. The van der Waals surface area contributed by atoms with Gasteiger partial charge >= 0.3 is 6.03 Å². The summed E-state index contributed by atoms with van der Waals surface area (Å²) in [7, 11) is -2.07. The van der Waals surface area contributed by atoms with Gasteiger partial charge in [-0.15, -0.1) is 0 Å². The van der Waals surface area contributed by atoms with Crippen molar-refractivity contribution in [2.75, 3.05) is 20.1 Å². The Morgan fingerprint density at radius 2 is 1.70 bits per heavy atom. The SMILES string of the molecule is CNS(=O)(=O)c1ccc(C(C)NC(=O)NC2CCN(C(C)(C)C)CC2)cc1. The lowest BCUT2D eigenvalue weighted by Gasteiger charge is -2.41. The third kappa shape index (κ3) is 5.92. The van der Waals surface area contributed by atoms with Crippen LogP contribution in [0.1, 0.15) is 52.1 Å². The fourth-order valence-electron chi connectivity index (χ4n) is 3.26. The van der Waals surface area contributed by atoms with Crippen LogP contribution in [0.4, 0.5) is 4.79 Å². The molecule has 2 amide bonds. The first-order chi connectivity index (χ1) is 12.5. The maximum Gasteiger partial charge on any atom is 0.315 e. The van der Waals surface area contributed by atoms with E-state index in [1.54, 1.807) is 24.3 Å². The van der Waals surface area contributed by atoms with Crippen molar-refractivity contribution in [1.82, 2.24) is 20.3 Å². The third-order valence-electron chi connectivity index (χ3n) is 5.09. The van der Waals surface area contributed by atoms with Gasteiger partial charge in [-0.1, -0.05) is 12.1 Å². The first-order valence-corrected chi connectivity index (χ1v) is 10.9. The van der Waals surface area contributed by atoms with Gasteiger partial charge in [-0.2, -0.15) is 0 Å². The van der Waals surface area contributed by atoms with E-state index in [1.165, 1.54) is 7.05 Å². The largest absolute Gasteiger partial charge is 0.335 e. The molecule has 1 fully saturated rings. The summed E-state index contributed by atoms with van der Waals surface area (Å²) in [5.74, 6) is 0. The molecule has 0 bridgehead atoms. The molecule has 1 aromatic carbocycles. The smallest absolute Gasteiger partial charge is 0.315 e. The lowest BCUT2D eigenvalue weighted by molar-refractivity contribution is 0.0977. The summed E-state index contributed by atoms with van der Waals surface area (Å²) in [6.07, 6.45) is 1.88. The fraction of sp³-hybridized carbons (Fsp3) is 0.632. The molecule has 1 aromatic rings. The molecule has 1 saturated heterocycles. The van der Waals surface area contributed by atoms with Gasteiger partial charge in [0.25, 0.3) is 0 Å². The van der Waals surface area contributed by atoms with Gasteiger partial charge < -0.3 is 10.6 Å². The Labute approximate surface area is 163 Å². The number of hydrogen-bond acceptors (Lipinski definition) is 4. The van der Waals surface area contributed by atoms with Crippen molar-refractivity contribution in [3.8, 4) is 0 Å². The molecule has 0 aliphatic carbocycles. The second kappa shape index (κ2) is 8.58. The summed E-state index contributed by atoms with van der Waals surface area (Å²) in [5, 5.41) is 5.98. The van der Waals surface area contributed by atoms with E-state index < -0.39 is 10.0 Å². The molecule has 1 aliphatic heterocycles. The minimum atomic E-state index is -3.45. The second-order valence-electron chi connectivity index (χ2n) is 8.05. The number of amides is 2. The molecule has 1 unspecified atom stereocenters. The number of nitrogens with zero attached hydrogens (tertiary/aromatic N) is 1. The van der Waals surface area contributed by atoms with Gasteiger partial charge in [-0.3, -0.25) is 4.90 Å². The van der Waals surface area contributed by atoms with Crippen LogP contribution in [0, 0.1) is 0 Å². The molecule has 27 heavy (non-hydrogen) atoms. The Balaban J connectivity index is 1.85. The molecule has 1 aliphatic rings. The highest BCUT2D eigenvalue weighted by molar-refractivity contribution is 7.89. The zero-order valence-corrected chi connectivity index (χ0v) is 17.7. The van der Waals surface area contributed by atoms with E-state index in [2.05, 4.69) is 41.0 Å². The Morgan fingerprint density at radius 1 is 1.15 bits per heavy atom. The molecule has 0 radical (unpaired) electrons. The standard InChI is InChI=1S/C19H32N4O3S/c1-14(15-6-8-17(9-7-15)27(25,26)20-5)21-18(24)22-16-10-12-23(13-11-16)19(2,3)4/h6-9,14,16,20H,10-13H2,1-5H3,(H2,21,22,24). The molecule has 1 atom stereocenters. The van der Waals surface area contributed by atoms with Crippen LogP contribution in [0.15, 0.2) is 29.2 Å². The summed E-state index contributed by atoms with van der Waals surface area (Å²) >= 11 is 0. The Hall–Kier alpha value is -1.64. The van der Waals surface area contributed by atoms with E-state index in [4.69, 9.17) is 0 Å². The summed E-state index contributed by atoms with van der Waals surface area (Å²) in [6, 6.07) is 6.29. The maximum absolute atomic E-state index is 12.3. The Morgan fingerprint density at radius 3 is 2.19 bits per heavy atom. The van der Waals surface area contributed by atoms with Crippen molar-refractivity contribution in [3.63, 3.8) is 0 Å². The van der Waals surface area contributed by atoms with Crippen LogP contribution in [0.3, 0.4) is 0 Å². The zero-order chi connectivity index (χ0) is 20.2. The maximum atomic E-state index is 12.3. The molecule has 1 heterocycles. The zero-order valence-electron chi connectivity index (χ0n) is 16.9. The van der Waals surface area contributed by atoms with Crippen LogP contribution < -0.4 is 15.4 Å². The van der Waals surface area contributed by atoms with Crippen LogP contribution >= 0.6 is 0 Å². The van der Waals surface area contributed by atoms with Crippen molar-refractivity contribution < 1.29 is 13.2 Å². The van der Waals surface area contributed by atoms with E-state index in [-0.39, 0.29) is 28.5 Å². The van der Waals surface area contributed by atoms with Crippen molar-refractivity contribution >= 4 is 16.1 Å². The number of likely N-dealkylation sites (tertiary alicyclic amines) is 1. The molecule has 2 rings (SSSR count). The Kier molecular flexibility index (Phi) is 6.88. The predicted molar refractivity (Wildman–Crippen MR) is 107 cm³/mol. The molecule has 3 N–H and O–H groups in total. The molecule has 0 saturated carbocycles. The van der Waals surface area contributed by atoms with Crippen molar-refractivity contribution in [2.24, 2.45) is 0 Å². The minimum Gasteiger partial charge on any atom is -0.335 e. The van der Waals surface area contributed by atoms with Gasteiger partial charge in [0.15, 0.2) is 0 Å². The number of hydrogen-bond donors (Lipinski definition) is 3. The molecule has 0 spiro atoms. The lowest BCUT2D eigenvalue weighted by atomic mass is 9.98. The molecular weight excluding hydrogens is 364 g/mol. The van der Waals surface area contributed by atoms with E-state index in [9.17, 15) is 13.2 Å². The Bertz CT molecular complexity index is 733. The van der Waals surface area contributed by atoms with E-state index in [0.29, 0.717) is 0 Å². The van der Waals surface area contributed by atoms with Crippen molar-refractivity contribution in [3.05, 3.63) is 29.8 Å². The number of carbonyl (C=O) groups is 1. The summed E-state index contributed by atoms with van der Waals surface area (Å²) < 4.78 is 25.8. The number of rotatable bonds is 5. The first-order valence-electron chi connectivity index (χ1n) is 9.38. The van der Waals surface area contributed by atoms with Gasteiger partial charge in [0, 0.05) is 24.7 Å². The number of sulfonamides is 1. The van der Waals surface area contributed by atoms with Crippen molar-refractivity contribution in [1.29, 1.82) is 0 Å². The highest BCUT2D eigenvalue weighted by Crippen LogP contribution is 2.20. The minimum absolute atomic E-state index is 0.161. The number of nitrogens with one attached hydrogen (secondary N) is 3. The average molecular weight is 397 g/mol. The number of piperidine rings is 1. The first kappa shape index (κ1) is 21.7. The van der Waals surface area contributed by atoms with E-state index >= 15 is 0 Å². The second-order valence-corrected chi connectivity index (χ2v) is 9.93. The molecule has 152 valence electrons. The summed E-state index contributed by atoms with van der Waals surface area (Å²) in [6.45, 7) is 10.5. The van der Waals surface area contributed by atoms with Crippen molar-refractivity contribution in [2.45, 2.75) is 63.1 Å². The normalized spacial score (nSPS) is 18.1. The van der Waals surface area contributed by atoms with Gasteiger partial charge in [-0.25, -0.2) is 17.9 Å². The van der Waals surface area contributed by atoms with Crippen LogP contribution in [0.2, 0.25) is 0 Å². The quantitative estimate of drug-likeness (QED) is 0.712. The molecular formula is C19H32N4O3S. The molecule has 7 nitrogen and oxygen atoms in total. The van der Waals surface area contributed by atoms with Crippen LogP contribution in [-0.4, -0.2) is 51.1 Å². The van der Waals surface area contributed by atoms with Gasteiger partial charge in [0.05, 0.1) is 10.9 Å². The fourth-order valence-corrected chi connectivity index (χ4v) is 3.99. The van der Waals surface area contributed by atoms with E-state index in [0.717, 1.165) is 31.5 Å². The predicted octanol–water partition coefficient (Wildman–Crippen LogP) is 2.22. The third-order valence-corrected chi connectivity index (χ3v) is 6.52. The molecule has 8 heteroatoms. The van der Waals surface area contributed by atoms with E-state index in [1.807, 2.05) is 6.92 Å². The van der Waals surface area contributed by atoms with Crippen LogP contribution in [-0.2, 0) is 10.0 Å². The number of benzene rings is 1. The monoisotopic (exact) mass is 396 g/mol. The number of urea groups is 1. The molecule has 0 aromatic heterocycles. The van der Waals surface area contributed by atoms with Gasteiger partial charge in [0.2, 0.25) is 10.0 Å². The topological polar surface area (TPSA) is 90.5 Å². The van der Waals surface area contributed by atoms with Crippen LogP contribution in [0.25, 0.3) is 0 Å². The average Bonchev–Trinajstić information content (AvgIpc) is 2.61. The number of carbonyl (C=O) groups excluding carboxylic acids is 1. The van der Waals surface area contributed by atoms with Gasteiger partial charge in [0.1, 0.15) is 0 Å². The highest BCUT2D eigenvalue weighted by Gasteiger charge is 2.27. The highest BCUT2D eigenvalue weighted by atomic mass is 32.2.